The highest BCUT2D eigenvalue weighted by Gasteiger charge is 2.66. The van der Waals surface area contributed by atoms with Crippen LogP contribution in [0, 0.1) is 7.14 Å². The van der Waals surface area contributed by atoms with E-state index in [1.54, 1.807) is 12.1 Å². The summed E-state index contributed by atoms with van der Waals surface area (Å²) in [5, 5.41) is -5.79. The summed E-state index contributed by atoms with van der Waals surface area (Å²) in [7, 11) is -6.51. The van der Waals surface area contributed by atoms with Gasteiger partial charge in [-0.05, 0) is 74.7 Å². The molecule has 0 bridgehead atoms. The maximum Gasteiger partial charge on any atom is 0.432 e. The Morgan fingerprint density at radius 1 is 1.13 bits per heavy atom. The van der Waals surface area contributed by atoms with Gasteiger partial charge in [0.1, 0.15) is 5.75 Å². The maximum absolute atomic E-state index is 13.5. The van der Waals surface area contributed by atoms with Crippen LogP contribution in [0.1, 0.15) is 32.8 Å². The van der Waals surface area contributed by atoms with Gasteiger partial charge in [0.05, 0.1) is 7.14 Å². The van der Waals surface area contributed by atoms with Crippen molar-refractivity contribution in [2.24, 2.45) is 0 Å². The van der Waals surface area contributed by atoms with Gasteiger partial charge in [0.15, 0.2) is 6.61 Å². The number of hydrogen-bond acceptors (Lipinski definition) is 5. The summed E-state index contributed by atoms with van der Waals surface area (Å²) in [5.74, 6) is -1.78. The van der Waals surface area contributed by atoms with E-state index in [4.69, 9.17) is 9.29 Å². The quantitative estimate of drug-likeness (QED) is 0.181. The molecule has 0 saturated carbocycles. The van der Waals surface area contributed by atoms with Crippen LogP contribution < -0.4 is 4.74 Å². The van der Waals surface area contributed by atoms with Gasteiger partial charge in [0, 0.05) is 0 Å². The van der Waals surface area contributed by atoms with Gasteiger partial charge in [0.2, 0.25) is 0 Å². The summed E-state index contributed by atoms with van der Waals surface area (Å²) in [5.41, 5.74) is 0.761. The van der Waals surface area contributed by atoms with Crippen LogP contribution in [0.25, 0.3) is 0 Å². The predicted molar refractivity (Wildman–Crippen MR) is 113 cm³/mol. The molecular weight excluding hydrogens is 669 g/mol. The minimum absolute atomic E-state index is 0.119. The fraction of sp³-hybridized carbons (Fsp3) is 0.562. The van der Waals surface area contributed by atoms with Crippen LogP contribution >= 0.6 is 45.2 Å². The fourth-order valence-electron chi connectivity index (χ4n) is 2.05. The first-order valence-electron chi connectivity index (χ1n) is 8.08. The highest BCUT2D eigenvalue weighted by Crippen LogP contribution is 2.38. The van der Waals surface area contributed by atoms with Crippen molar-refractivity contribution in [3.8, 4) is 5.75 Å². The highest BCUT2D eigenvalue weighted by molar-refractivity contribution is 14.1. The van der Waals surface area contributed by atoms with Crippen LogP contribution in [0.5, 0.6) is 5.75 Å². The summed E-state index contributed by atoms with van der Waals surface area (Å²) >= 11 is 3.76. The largest absolute Gasteiger partial charge is 0.480 e. The van der Waals surface area contributed by atoms with E-state index in [-0.39, 0.29) is 11.2 Å². The Bertz CT molecular complexity index is 879. The third kappa shape index (κ3) is 6.51. The molecule has 1 N–H and O–H groups in total. The molecule has 1 aromatic carbocycles. The molecule has 0 aromatic heterocycles. The van der Waals surface area contributed by atoms with Crippen molar-refractivity contribution in [3.63, 3.8) is 0 Å². The number of benzene rings is 1. The van der Waals surface area contributed by atoms with Gasteiger partial charge >= 0.3 is 27.5 Å². The second-order valence-electron chi connectivity index (χ2n) is 6.74. The van der Waals surface area contributed by atoms with Crippen LogP contribution in [-0.4, -0.2) is 43.1 Å². The van der Waals surface area contributed by atoms with Gasteiger partial charge in [-0.1, -0.05) is 20.8 Å². The van der Waals surface area contributed by atoms with Crippen molar-refractivity contribution < 1.29 is 49.2 Å². The highest BCUT2D eigenvalue weighted by atomic mass is 127. The Kier molecular flexibility index (Phi) is 8.78. The first-order valence-corrected chi connectivity index (χ1v) is 11.7. The van der Waals surface area contributed by atoms with Crippen molar-refractivity contribution >= 4 is 61.3 Å². The van der Waals surface area contributed by atoms with Crippen molar-refractivity contribution in [2.75, 3.05) is 6.61 Å². The van der Waals surface area contributed by atoms with E-state index in [1.807, 2.05) is 66.0 Å². The molecule has 172 valence electrons. The van der Waals surface area contributed by atoms with Gasteiger partial charge in [-0.3, -0.25) is 4.55 Å². The normalized spacial score (nSPS) is 14.4. The molecule has 1 rings (SSSR count). The monoisotopic (exact) mass is 686 g/mol. The first kappa shape index (κ1) is 27.5. The zero-order valence-electron chi connectivity index (χ0n) is 15.7. The molecule has 6 nitrogen and oxygen atoms in total. The lowest BCUT2D eigenvalue weighted by atomic mass is 9.82. The second kappa shape index (κ2) is 9.56. The number of alkyl halides is 5. The zero-order valence-corrected chi connectivity index (χ0v) is 20.8. The molecule has 1 unspecified atom stereocenters. The van der Waals surface area contributed by atoms with E-state index in [0.29, 0.717) is 7.14 Å². The molecule has 14 heteroatoms. The van der Waals surface area contributed by atoms with E-state index in [9.17, 15) is 35.2 Å². The van der Waals surface area contributed by atoms with E-state index in [1.165, 1.54) is 0 Å². The summed E-state index contributed by atoms with van der Waals surface area (Å²) < 4.78 is 105. The molecule has 1 atom stereocenters. The van der Waals surface area contributed by atoms with Crippen LogP contribution in [0.3, 0.4) is 0 Å². The third-order valence-electron chi connectivity index (χ3n) is 4.19. The summed E-state index contributed by atoms with van der Waals surface area (Å²) in [4.78, 5) is 11.7. The molecule has 0 heterocycles. The lowest BCUT2D eigenvalue weighted by Crippen LogP contribution is -2.52. The number of halogens is 7. The summed E-state index contributed by atoms with van der Waals surface area (Å²) in [6.07, 6.45) is -9.56. The molecule has 0 saturated heterocycles. The van der Waals surface area contributed by atoms with E-state index in [0.717, 1.165) is 12.0 Å². The van der Waals surface area contributed by atoms with Crippen LogP contribution in [0.4, 0.5) is 22.0 Å². The fourth-order valence-corrected chi connectivity index (χ4v) is 4.58. The van der Waals surface area contributed by atoms with E-state index < -0.39 is 40.2 Å². The van der Waals surface area contributed by atoms with Crippen molar-refractivity contribution in [3.05, 3.63) is 24.8 Å². The Morgan fingerprint density at radius 3 is 1.97 bits per heavy atom. The van der Waals surface area contributed by atoms with Gasteiger partial charge in [-0.25, -0.2) is 4.79 Å². The number of carbonyl (C=O) groups is 1. The minimum atomic E-state index is -6.51. The zero-order chi connectivity index (χ0) is 23.7. The van der Waals surface area contributed by atoms with Crippen molar-refractivity contribution in [2.45, 2.75) is 50.1 Å². The summed E-state index contributed by atoms with van der Waals surface area (Å²) in [6, 6.07) is 3.50. The lowest BCUT2D eigenvalue weighted by Gasteiger charge is -2.26. The molecule has 0 aliphatic rings. The number of rotatable bonds is 8. The van der Waals surface area contributed by atoms with Crippen LogP contribution in [-0.2, 0) is 25.1 Å². The Morgan fingerprint density at radius 2 is 1.60 bits per heavy atom. The molecule has 0 aliphatic heterocycles. The molecule has 0 radical (unpaired) electrons. The smallest absolute Gasteiger partial charge is 0.432 e. The van der Waals surface area contributed by atoms with Gasteiger partial charge in [-0.2, -0.15) is 30.4 Å². The van der Waals surface area contributed by atoms with E-state index in [2.05, 4.69) is 4.74 Å². The Labute approximate surface area is 196 Å². The minimum Gasteiger partial charge on any atom is -0.480 e. The average Bonchev–Trinajstić information content (AvgIpc) is 2.56. The molecule has 0 aliphatic carbocycles. The lowest BCUT2D eigenvalue weighted by molar-refractivity contribution is -0.259. The molecule has 30 heavy (non-hydrogen) atoms. The van der Waals surface area contributed by atoms with E-state index >= 15 is 0 Å². The molecule has 0 fully saturated rings. The Hall–Kier alpha value is -0.490. The maximum atomic E-state index is 13.5. The standard InChI is InChI=1S/C16H17F5I2O6S/c1-4-14(2,3)8-5-9(22)12(10(23)6-8)28-7-11(24)29-13(15(17,18)19)16(20,21)30(25,26)27/h5-6,13H,4,7H2,1-3H3,(H,25,26,27). The number of ether oxygens (including phenoxy) is 2. The average molecular weight is 686 g/mol. The van der Waals surface area contributed by atoms with Gasteiger partial charge in [0.25, 0.3) is 6.10 Å². The number of esters is 1. The second-order valence-corrected chi connectivity index (χ2v) is 10.6. The van der Waals surface area contributed by atoms with Gasteiger partial charge in [-0.15, -0.1) is 0 Å². The third-order valence-corrected chi connectivity index (χ3v) is 6.70. The van der Waals surface area contributed by atoms with Crippen molar-refractivity contribution in [1.82, 2.24) is 0 Å². The first-order chi connectivity index (χ1) is 13.3. The summed E-state index contributed by atoms with van der Waals surface area (Å²) in [6.45, 7) is 4.79. The SMILES string of the molecule is CCC(C)(C)c1cc(I)c(OCC(=O)OC(C(F)(F)F)C(F)(F)S(=O)(=O)O)c(I)c1. The van der Waals surface area contributed by atoms with Crippen LogP contribution in [0.15, 0.2) is 12.1 Å². The molecular formula is C16H17F5I2O6S. The number of carbonyl (C=O) groups excluding carboxylic acids is 1. The Balaban J connectivity index is 3.04. The predicted octanol–water partition coefficient (Wildman–Crippen LogP) is 4.92. The number of hydrogen-bond donors (Lipinski definition) is 1. The molecule has 0 amide bonds. The van der Waals surface area contributed by atoms with Crippen LogP contribution in [0.2, 0.25) is 0 Å². The topological polar surface area (TPSA) is 89.9 Å². The molecule has 1 aromatic rings. The van der Waals surface area contributed by atoms with Crippen molar-refractivity contribution in [1.29, 1.82) is 0 Å². The van der Waals surface area contributed by atoms with Gasteiger partial charge < -0.3 is 9.47 Å². The molecule has 0 spiro atoms.